The summed E-state index contributed by atoms with van der Waals surface area (Å²) in [6, 6.07) is 7.56. The molecule has 0 amide bonds. The van der Waals surface area contributed by atoms with Gasteiger partial charge in [-0.25, -0.2) is 0 Å². The predicted molar refractivity (Wildman–Crippen MR) is 72.8 cm³/mol. The number of rotatable bonds is 6. The van der Waals surface area contributed by atoms with Crippen LogP contribution in [0.2, 0.25) is 0 Å². The standard InChI is InChI=1S/C14H19N3O2/c1-11-7-16-17(8-11)9-13(18)10-19-14-4-2-3-12(5-14)6-15/h2-5,7-8,13,18H,6,9-10,15H2,1H3. The zero-order valence-corrected chi connectivity index (χ0v) is 11.0. The zero-order chi connectivity index (χ0) is 13.7. The van der Waals surface area contributed by atoms with Gasteiger partial charge in [0.2, 0.25) is 0 Å². The highest BCUT2D eigenvalue weighted by Crippen LogP contribution is 2.13. The topological polar surface area (TPSA) is 73.3 Å². The van der Waals surface area contributed by atoms with Crippen LogP contribution in [0.1, 0.15) is 11.1 Å². The molecule has 1 aromatic heterocycles. The lowest BCUT2D eigenvalue weighted by Crippen LogP contribution is -2.23. The van der Waals surface area contributed by atoms with E-state index in [1.165, 1.54) is 0 Å². The third-order valence-corrected chi connectivity index (χ3v) is 2.74. The summed E-state index contributed by atoms with van der Waals surface area (Å²) < 4.78 is 7.25. The van der Waals surface area contributed by atoms with Gasteiger partial charge in [-0.05, 0) is 30.2 Å². The highest BCUT2D eigenvalue weighted by atomic mass is 16.5. The van der Waals surface area contributed by atoms with Crippen LogP contribution in [0.4, 0.5) is 0 Å². The van der Waals surface area contributed by atoms with Gasteiger partial charge in [-0.2, -0.15) is 5.10 Å². The molecule has 5 nitrogen and oxygen atoms in total. The summed E-state index contributed by atoms with van der Waals surface area (Å²) in [5.41, 5.74) is 7.64. The Bertz CT molecular complexity index is 525. The fourth-order valence-electron chi connectivity index (χ4n) is 1.79. The van der Waals surface area contributed by atoms with E-state index in [1.807, 2.05) is 37.4 Å². The van der Waals surface area contributed by atoms with Crippen molar-refractivity contribution in [2.75, 3.05) is 6.61 Å². The summed E-state index contributed by atoms with van der Waals surface area (Å²) >= 11 is 0. The molecule has 0 aliphatic rings. The number of nitrogens with zero attached hydrogens (tertiary/aromatic N) is 2. The first-order chi connectivity index (χ1) is 9.17. The summed E-state index contributed by atoms with van der Waals surface area (Å²) in [7, 11) is 0. The van der Waals surface area contributed by atoms with Crippen molar-refractivity contribution in [2.24, 2.45) is 5.73 Å². The van der Waals surface area contributed by atoms with Crippen LogP contribution in [0.5, 0.6) is 5.75 Å². The average Bonchev–Trinajstić information content (AvgIpc) is 2.82. The predicted octanol–water partition coefficient (Wildman–Crippen LogP) is 1.09. The first kappa shape index (κ1) is 13.6. The van der Waals surface area contributed by atoms with E-state index in [1.54, 1.807) is 10.9 Å². The van der Waals surface area contributed by atoms with Crippen molar-refractivity contribution in [1.29, 1.82) is 0 Å². The van der Waals surface area contributed by atoms with Gasteiger partial charge in [0.25, 0.3) is 0 Å². The van der Waals surface area contributed by atoms with Gasteiger partial charge < -0.3 is 15.6 Å². The van der Waals surface area contributed by atoms with Gasteiger partial charge in [-0.3, -0.25) is 4.68 Å². The molecule has 2 aromatic rings. The van der Waals surface area contributed by atoms with E-state index in [-0.39, 0.29) is 6.61 Å². The van der Waals surface area contributed by atoms with Crippen molar-refractivity contribution < 1.29 is 9.84 Å². The van der Waals surface area contributed by atoms with E-state index in [0.717, 1.165) is 16.9 Å². The third-order valence-electron chi connectivity index (χ3n) is 2.74. The molecule has 0 saturated carbocycles. The van der Waals surface area contributed by atoms with Crippen molar-refractivity contribution in [2.45, 2.75) is 26.1 Å². The van der Waals surface area contributed by atoms with Crippen LogP contribution in [0, 0.1) is 6.92 Å². The number of aliphatic hydroxyl groups is 1. The van der Waals surface area contributed by atoms with Crippen molar-refractivity contribution in [1.82, 2.24) is 9.78 Å². The van der Waals surface area contributed by atoms with E-state index in [2.05, 4.69) is 5.10 Å². The van der Waals surface area contributed by atoms with Gasteiger partial charge in [0, 0.05) is 12.7 Å². The maximum absolute atomic E-state index is 9.89. The maximum atomic E-state index is 9.89. The van der Waals surface area contributed by atoms with Crippen LogP contribution < -0.4 is 10.5 Å². The van der Waals surface area contributed by atoms with Gasteiger partial charge in [0.15, 0.2) is 0 Å². The molecule has 102 valence electrons. The lowest BCUT2D eigenvalue weighted by atomic mass is 10.2. The summed E-state index contributed by atoms with van der Waals surface area (Å²) in [5, 5.41) is 14.0. The third kappa shape index (κ3) is 4.08. The minimum Gasteiger partial charge on any atom is -0.491 e. The summed E-state index contributed by atoms with van der Waals surface area (Å²) in [6.45, 7) is 3.09. The monoisotopic (exact) mass is 261 g/mol. The van der Waals surface area contributed by atoms with Crippen molar-refractivity contribution in [3.63, 3.8) is 0 Å². The molecule has 1 unspecified atom stereocenters. The number of aliphatic hydroxyl groups excluding tert-OH is 1. The summed E-state index contributed by atoms with van der Waals surface area (Å²) in [4.78, 5) is 0. The van der Waals surface area contributed by atoms with Crippen molar-refractivity contribution in [3.8, 4) is 5.75 Å². The maximum Gasteiger partial charge on any atom is 0.119 e. The first-order valence-electron chi connectivity index (χ1n) is 6.26. The normalized spacial score (nSPS) is 12.4. The fraction of sp³-hybridized carbons (Fsp3) is 0.357. The minimum absolute atomic E-state index is 0.229. The summed E-state index contributed by atoms with van der Waals surface area (Å²) in [5.74, 6) is 0.721. The average molecular weight is 261 g/mol. The van der Waals surface area contributed by atoms with E-state index in [0.29, 0.717) is 13.1 Å². The van der Waals surface area contributed by atoms with Gasteiger partial charge in [-0.1, -0.05) is 12.1 Å². The SMILES string of the molecule is Cc1cnn(CC(O)COc2cccc(CN)c2)c1. The largest absolute Gasteiger partial charge is 0.491 e. The Hall–Kier alpha value is -1.85. The van der Waals surface area contributed by atoms with Crippen molar-refractivity contribution >= 4 is 0 Å². The molecule has 5 heteroatoms. The second kappa shape index (κ2) is 6.36. The van der Waals surface area contributed by atoms with Crippen molar-refractivity contribution in [3.05, 3.63) is 47.8 Å². The van der Waals surface area contributed by atoms with Gasteiger partial charge in [-0.15, -0.1) is 0 Å². The highest BCUT2D eigenvalue weighted by molar-refractivity contribution is 5.28. The molecule has 0 aliphatic heterocycles. The second-order valence-electron chi connectivity index (χ2n) is 4.56. The lowest BCUT2D eigenvalue weighted by Gasteiger charge is -2.13. The number of aryl methyl sites for hydroxylation is 1. The van der Waals surface area contributed by atoms with E-state index in [4.69, 9.17) is 10.5 Å². The Morgan fingerprint density at radius 3 is 3.00 bits per heavy atom. The molecule has 1 atom stereocenters. The van der Waals surface area contributed by atoms with Crippen LogP contribution in [-0.2, 0) is 13.1 Å². The first-order valence-corrected chi connectivity index (χ1v) is 6.26. The molecular formula is C14H19N3O2. The molecule has 19 heavy (non-hydrogen) atoms. The Balaban J connectivity index is 1.84. The molecule has 3 N–H and O–H groups in total. The van der Waals surface area contributed by atoms with Crippen LogP contribution in [-0.4, -0.2) is 27.6 Å². The molecule has 0 radical (unpaired) electrons. The summed E-state index contributed by atoms with van der Waals surface area (Å²) in [6.07, 6.45) is 3.05. The number of nitrogens with two attached hydrogens (primary N) is 1. The number of hydrogen-bond acceptors (Lipinski definition) is 4. The Morgan fingerprint density at radius 2 is 2.32 bits per heavy atom. The Morgan fingerprint density at radius 1 is 1.47 bits per heavy atom. The van der Waals surface area contributed by atoms with Crippen LogP contribution >= 0.6 is 0 Å². The second-order valence-corrected chi connectivity index (χ2v) is 4.56. The number of ether oxygens (including phenoxy) is 1. The Labute approximate surface area is 112 Å². The van der Waals surface area contributed by atoms with Crippen LogP contribution in [0.15, 0.2) is 36.7 Å². The molecule has 0 spiro atoms. The van der Waals surface area contributed by atoms with Gasteiger partial charge in [0.1, 0.15) is 18.5 Å². The van der Waals surface area contributed by atoms with Gasteiger partial charge >= 0.3 is 0 Å². The molecule has 1 aromatic carbocycles. The number of aromatic nitrogens is 2. The molecule has 0 saturated heterocycles. The fourth-order valence-corrected chi connectivity index (χ4v) is 1.79. The van der Waals surface area contributed by atoms with E-state index >= 15 is 0 Å². The molecule has 2 rings (SSSR count). The highest BCUT2D eigenvalue weighted by Gasteiger charge is 2.07. The Kier molecular flexibility index (Phi) is 4.54. The van der Waals surface area contributed by atoms with E-state index < -0.39 is 6.10 Å². The van der Waals surface area contributed by atoms with Gasteiger partial charge in [0.05, 0.1) is 12.7 Å². The zero-order valence-electron chi connectivity index (χ0n) is 11.0. The molecule has 0 fully saturated rings. The van der Waals surface area contributed by atoms with Crippen LogP contribution in [0.25, 0.3) is 0 Å². The molecule has 0 aliphatic carbocycles. The van der Waals surface area contributed by atoms with Crippen LogP contribution in [0.3, 0.4) is 0 Å². The number of hydrogen-bond donors (Lipinski definition) is 2. The molecule has 0 bridgehead atoms. The quantitative estimate of drug-likeness (QED) is 0.816. The minimum atomic E-state index is -0.596. The number of benzene rings is 1. The molecular weight excluding hydrogens is 242 g/mol. The molecule has 1 heterocycles. The lowest BCUT2D eigenvalue weighted by molar-refractivity contribution is 0.0893. The smallest absolute Gasteiger partial charge is 0.119 e. The van der Waals surface area contributed by atoms with E-state index in [9.17, 15) is 5.11 Å².